The molecule has 0 aliphatic carbocycles. The highest BCUT2D eigenvalue weighted by molar-refractivity contribution is 5.98. The number of aliphatic imine (C=N–C) groups is 4. The van der Waals surface area contributed by atoms with Crippen LogP contribution < -0.4 is 91.5 Å². The maximum atomic E-state index is 15.3. The molecule has 3 rings (SSSR count). The first-order chi connectivity index (χ1) is 44.2. The zero-order chi connectivity index (χ0) is 69.0. The van der Waals surface area contributed by atoms with Crippen molar-refractivity contribution in [3.05, 3.63) is 81.1 Å². The van der Waals surface area contributed by atoms with Crippen molar-refractivity contribution in [2.75, 3.05) is 66.8 Å². The first-order valence-electron chi connectivity index (χ1n) is 30.5. The summed E-state index contributed by atoms with van der Waals surface area (Å²) < 4.78 is 41.2. The first-order valence-corrected chi connectivity index (χ1v) is 30.5. The summed E-state index contributed by atoms with van der Waals surface area (Å²) in [5.41, 5.74) is 47.6. The average molecular weight is 1300 g/mol. The van der Waals surface area contributed by atoms with Crippen LogP contribution in [0.3, 0.4) is 0 Å². The van der Waals surface area contributed by atoms with Gasteiger partial charge in [0.05, 0.1) is 14.2 Å². The molecule has 1 aromatic heterocycles. The minimum Gasteiger partial charge on any atom is -0.489 e. The summed E-state index contributed by atoms with van der Waals surface area (Å²) in [6.07, 6.45) is 12.4. The lowest BCUT2D eigenvalue weighted by atomic mass is 10.1. The van der Waals surface area contributed by atoms with E-state index in [0.29, 0.717) is 0 Å². The molecule has 30 heteroatoms. The predicted octanol–water partition coefficient (Wildman–Crippen LogP) is 2.35. The molecule has 20 N–H and O–H groups in total. The molecule has 4 amide bonds. The summed E-state index contributed by atoms with van der Waals surface area (Å²) in [6, 6.07) is 0.910. The third kappa shape index (κ3) is 30.1. The van der Waals surface area contributed by atoms with Gasteiger partial charge in [-0.2, -0.15) is 0 Å². The van der Waals surface area contributed by atoms with Gasteiger partial charge < -0.3 is 100.0 Å². The molecule has 512 valence electrons. The van der Waals surface area contributed by atoms with Crippen LogP contribution in [0.15, 0.2) is 100 Å². The van der Waals surface area contributed by atoms with Crippen molar-refractivity contribution in [1.29, 1.82) is 0 Å². The number of methoxy groups -OCH3 is 2. The van der Waals surface area contributed by atoms with Gasteiger partial charge in [0.2, 0.25) is 17.2 Å². The van der Waals surface area contributed by atoms with Gasteiger partial charge in [-0.1, -0.05) is 34.4 Å². The normalized spacial score (nSPS) is 12.5. The van der Waals surface area contributed by atoms with Crippen molar-refractivity contribution < 1.29 is 61.6 Å². The van der Waals surface area contributed by atoms with Crippen LogP contribution in [0.2, 0.25) is 0 Å². The second-order valence-corrected chi connectivity index (χ2v) is 22.2. The van der Waals surface area contributed by atoms with Crippen molar-refractivity contribution in [1.82, 2.24) is 21.3 Å². The molecule has 4 atom stereocenters. The maximum absolute atomic E-state index is 15.3. The third-order valence-corrected chi connectivity index (χ3v) is 13.7. The van der Waals surface area contributed by atoms with Gasteiger partial charge in [0.1, 0.15) is 82.3 Å². The lowest BCUT2D eigenvalue weighted by Crippen LogP contribution is -2.52. The molecule has 3 aromatic rings. The number of hydrogen-bond donors (Lipinski definition) is 12. The molecular weight excluding hydrogens is 1200 g/mol. The number of allylic oxidation sites excluding steroid dienone is 6. The van der Waals surface area contributed by atoms with E-state index in [4.69, 9.17) is 78.7 Å². The third-order valence-electron chi connectivity index (χ3n) is 13.7. The van der Waals surface area contributed by atoms with Crippen LogP contribution in [0.25, 0.3) is 21.9 Å². The van der Waals surface area contributed by atoms with Crippen molar-refractivity contribution in [3.63, 3.8) is 0 Å². The Morgan fingerprint density at radius 2 is 0.806 bits per heavy atom. The fourth-order valence-corrected chi connectivity index (χ4v) is 8.96. The number of guanidine groups is 4. The molecule has 0 bridgehead atoms. The molecule has 30 nitrogen and oxygen atoms in total. The second-order valence-electron chi connectivity index (χ2n) is 22.2. The Kier molecular flexibility index (Phi) is 34.4. The van der Waals surface area contributed by atoms with Crippen LogP contribution in [0.5, 0.6) is 23.0 Å². The van der Waals surface area contributed by atoms with Crippen molar-refractivity contribution >= 4 is 81.3 Å². The number of nitrogens with zero attached hydrogens (tertiary/aromatic N) is 4. The van der Waals surface area contributed by atoms with Gasteiger partial charge in [-0.3, -0.25) is 43.9 Å². The van der Waals surface area contributed by atoms with E-state index < -0.39 is 78.4 Å². The number of esters is 2. The summed E-state index contributed by atoms with van der Waals surface area (Å²) in [5, 5.41) is 10.2. The fourth-order valence-electron chi connectivity index (χ4n) is 8.96. The van der Waals surface area contributed by atoms with Crippen LogP contribution in [0.4, 0.5) is 0 Å². The van der Waals surface area contributed by atoms with E-state index in [1.165, 1.54) is 35.4 Å². The molecule has 0 radical (unpaired) electrons. The molecule has 0 aliphatic rings. The van der Waals surface area contributed by atoms with Gasteiger partial charge in [0.15, 0.2) is 37.1 Å². The summed E-state index contributed by atoms with van der Waals surface area (Å²) in [4.78, 5) is 113. The Hall–Kier alpha value is -10.0. The quantitative estimate of drug-likeness (QED) is 0.00967. The number of rotatable bonds is 42. The van der Waals surface area contributed by atoms with Crippen LogP contribution in [-0.2, 0) is 38.2 Å². The highest BCUT2D eigenvalue weighted by atomic mass is 16.5. The number of fused-ring (bicyclic) bond motifs is 2. The molecule has 0 spiro atoms. The zero-order valence-corrected chi connectivity index (χ0v) is 54.7. The highest BCUT2D eigenvalue weighted by Gasteiger charge is 2.30. The Balaban J connectivity index is 2.22. The smallest absolute Gasteiger partial charge is 0.328 e. The molecule has 1 heterocycles. The number of hydrogen-bond acceptors (Lipinski definition) is 18. The molecule has 2 aromatic carbocycles. The van der Waals surface area contributed by atoms with Crippen LogP contribution >= 0.6 is 0 Å². The van der Waals surface area contributed by atoms with E-state index in [-0.39, 0.29) is 160 Å². The van der Waals surface area contributed by atoms with Gasteiger partial charge in [-0.25, -0.2) is 9.59 Å². The Morgan fingerprint density at radius 1 is 0.473 bits per heavy atom. The molecule has 0 aliphatic heterocycles. The highest BCUT2D eigenvalue weighted by Crippen LogP contribution is 2.36. The lowest BCUT2D eigenvalue weighted by Gasteiger charge is -2.22. The zero-order valence-electron chi connectivity index (χ0n) is 54.7. The first kappa shape index (κ1) is 77.2. The standard InChI is InChI=1S/C63H96N16O14/c1-37(2)15-9-17-39(5)23-29-89-41-31-47(91-35-51(80)76-43(19-11-25-72-60(64)65)56(83)78-45(58(85)87-7)21-13-27-74-62(68)69)53-49(33-41)93-50-34-42(90-30-24-40(6)18-10-16-38(3)4)32-48(54(50)55(53)82)92-36-52(81)77-44(20-12-26-73-61(66)67)57(84)79-46(59(86)88-8)22-14-28-75-63(70)71/h15-16,23-24,31-34,43-46H,9-14,17-22,25-30,35-36H2,1-8H3,(H,76,80)(H,77,81)(H,78,83)(H,79,84)(H4,64,65,72)(H4,66,67,73)(H4,68,69,74)(H4,70,71,75)/b39-23+,40-24+/t43-,44-,45-,46-/m0/s1. The van der Waals surface area contributed by atoms with Gasteiger partial charge in [-0.05, 0) is 131 Å². The average Bonchev–Trinajstić information content (AvgIpc) is 0.752. The summed E-state index contributed by atoms with van der Waals surface area (Å²) >= 11 is 0. The van der Waals surface area contributed by atoms with Crippen LogP contribution in [0.1, 0.15) is 119 Å². The SMILES string of the molecule is COC(=O)[C@H](CCCN=C(N)N)NC(=O)[C@H](CCCN=C(N)N)NC(=O)COc1cc(OC/C=C(\C)CCC=C(C)C)cc2oc3cc(OC/C=C(\C)CCC=C(C)C)cc(OCC(=O)N[C@@H](CCCN=C(N)N)C(=O)N[C@@H](CCCN=C(N)N)C(=O)OC)c3c(=O)c12. The van der Waals surface area contributed by atoms with Gasteiger partial charge in [0.25, 0.3) is 11.8 Å². The molecular formula is C63H96N16O14. The summed E-state index contributed by atoms with van der Waals surface area (Å²) in [5.74, 6) is -5.39. The van der Waals surface area contributed by atoms with E-state index >= 15 is 4.79 Å². The fraction of sp³-hybridized carbons (Fsp3) is 0.508. The van der Waals surface area contributed by atoms with Crippen LogP contribution in [-0.4, -0.2) is 150 Å². The van der Waals surface area contributed by atoms with E-state index in [2.05, 4.69) is 53.4 Å². The molecule has 0 unspecified atom stereocenters. The van der Waals surface area contributed by atoms with E-state index in [1.807, 2.05) is 53.7 Å². The minimum atomic E-state index is -1.28. The number of benzene rings is 2. The van der Waals surface area contributed by atoms with Gasteiger partial charge >= 0.3 is 11.9 Å². The number of amides is 4. The number of ether oxygens (including phenoxy) is 6. The van der Waals surface area contributed by atoms with Crippen LogP contribution in [0, 0.1) is 0 Å². The summed E-state index contributed by atoms with van der Waals surface area (Å²) in [7, 11) is 2.32. The maximum Gasteiger partial charge on any atom is 0.328 e. The number of carbonyl (C=O) groups excluding carboxylic acids is 6. The van der Waals surface area contributed by atoms with Gasteiger partial charge in [-0.15, -0.1) is 0 Å². The van der Waals surface area contributed by atoms with E-state index in [1.54, 1.807) is 0 Å². The van der Waals surface area contributed by atoms with Gasteiger partial charge in [0, 0.05) is 50.4 Å². The Morgan fingerprint density at radius 3 is 1.12 bits per heavy atom. The van der Waals surface area contributed by atoms with Crippen molar-refractivity contribution in [2.24, 2.45) is 65.8 Å². The molecule has 0 saturated carbocycles. The largest absolute Gasteiger partial charge is 0.489 e. The lowest BCUT2D eigenvalue weighted by molar-refractivity contribution is -0.146. The van der Waals surface area contributed by atoms with E-state index in [0.717, 1.165) is 51.0 Å². The molecule has 93 heavy (non-hydrogen) atoms. The Bertz CT molecular complexity index is 3100. The number of nitrogens with one attached hydrogen (secondary N) is 4. The summed E-state index contributed by atoms with van der Waals surface area (Å²) in [6.45, 7) is 11.1. The topological polar surface area (TPSA) is 494 Å². The predicted molar refractivity (Wildman–Crippen MR) is 358 cm³/mol. The number of nitrogens with two attached hydrogens (primary N) is 8. The minimum absolute atomic E-state index is 0.00997. The van der Waals surface area contributed by atoms with E-state index in [9.17, 15) is 28.8 Å². The van der Waals surface area contributed by atoms with Crippen molar-refractivity contribution in [3.8, 4) is 23.0 Å². The monoisotopic (exact) mass is 1300 g/mol. The van der Waals surface area contributed by atoms with Crippen molar-refractivity contribution in [2.45, 2.75) is 143 Å². The Labute approximate surface area is 541 Å². The second kappa shape index (κ2) is 41.4. The molecule has 0 saturated heterocycles. The number of carbonyl (C=O) groups is 6. The molecule has 0 fully saturated rings.